The van der Waals surface area contributed by atoms with Crippen LogP contribution in [-0.4, -0.2) is 34.8 Å². The second kappa shape index (κ2) is 9.53. The molecule has 1 N–H and O–H groups in total. The van der Waals surface area contributed by atoms with Crippen LogP contribution < -0.4 is 5.32 Å². The molecule has 2 aromatic carbocycles. The van der Waals surface area contributed by atoms with Crippen LogP contribution in [0.2, 0.25) is 0 Å². The molecule has 0 fully saturated rings. The highest BCUT2D eigenvalue weighted by atomic mass is 32.2. The molecule has 0 saturated heterocycles. The molecule has 0 radical (unpaired) electrons. The quantitative estimate of drug-likeness (QED) is 0.416. The van der Waals surface area contributed by atoms with Gasteiger partial charge in [-0.05, 0) is 24.3 Å². The van der Waals surface area contributed by atoms with E-state index in [9.17, 15) is 13.2 Å². The third-order valence-electron chi connectivity index (χ3n) is 3.92. The Hall–Kier alpha value is -2.91. The number of carbonyl (C=O) groups is 1. The maximum Gasteiger partial charge on any atom is 0.234 e. The molecule has 1 heterocycles. The van der Waals surface area contributed by atoms with E-state index in [-0.39, 0.29) is 22.3 Å². The highest BCUT2D eigenvalue weighted by Gasteiger charge is 2.21. The van der Waals surface area contributed by atoms with E-state index in [1.807, 2.05) is 18.2 Å². The molecule has 0 unspecified atom stereocenters. The Morgan fingerprint density at radius 2 is 1.72 bits per heavy atom. The average Bonchev–Trinajstić information content (AvgIpc) is 3.09. The van der Waals surface area contributed by atoms with Gasteiger partial charge in [-0.3, -0.25) is 4.79 Å². The standard InChI is InChI=1S/C20H20N4O3S2/c1-2-13-24-18(15-29(26,27)17-11-7-4-8-12-17)22-23-20(24)28-14-19(25)21-16-9-5-3-6-10-16/h2-12H,1,13-15H2,(H,21,25). The van der Waals surface area contributed by atoms with Crippen molar-refractivity contribution in [2.75, 3.05) is 11.1 Å². The van der Waals surface area contributed by atoms with Gasteiger partial charge in [-0.25, -0.2) is 8.42 Å². The molecule has 1 amide bonds. The van der Waals surface area contributed by atoms with Crippen molar-refractivity contribution in [3.05, 3.63) is 79.1 Å². The number of hydrogen-bond acceptors (Lipinski definition) is 6. The number of sulfone groups is 1. The van der Waals surface area contributed by atoms with Crippen LogP contribution in [0.5, 0.6) is 0 Å². The van der Waals surface area contributed by atoms with Crippen molar-refractivity contribution < 1.29 is 13.2 Å². The summed E-state index contributed by atoms with van der Waals surface area (Å²) >= 11 is 1.19. The van der Waals surface area contributed by atoms with Gasteiger partial charge >= 0.3 is 0 Å². The number of hydrogen-bond donors (Lipinski definition) is 1. The van der Waals surface area contributed by atoms with E-state index in [2.05, 4.69) is 22.1 Å². The van der Waals surface area contributed by atoms with Gasteiger partial charge in [0.15, 0.2) is 15.0 Å². The Morgan fingerprint density at radius 1 is 1.07 bits per heavy atom. The van der Waals surface area contributed by atoms with Crippen LogP contribution in [-0.2, 0) is 26.9 Å². The molecule has 0 aliphatic heterocycles. The average molecular weight is 429 g/mol. The van der Waals surface area contributed by atoms with Crippen LogP contribution in [0, 0.1) is 0 Å². The molecule has 3 aromatic rings. The molecular formula is C20H20N4O3S2. The number of amides is 1. The van der Waals surface area contributed by atoms with Crippen molar-refractivity contribution >= 4 is 33.2 Å². The predicted molar refractivity (Wildman–Crippen MR) is 113 cm³/mol. The lowest BCUT2D eigenvalue weighted by atomic mass is 10.3. The Morgan fingerprint density at radius 3 is 2.38 bits per heavy atom. The van der Waals surface area contributed by atoms with Gasteiger partial charge in [-0.1, -0.05) is 54.2 Å². The third-order valence-corrected chi connectivity index (χ3v) is 6.51. The van der Waals surface area contributed by atoms with Crippen LogP contribution in [0.1, 0.15) is 5.82 Å². The fourth-order valence-corrected chi connectivity index (χ4v) is 4.63. The van der Waals surface area contributed by atoms with Crippen molar-refractivity contribution in [3.8, 4) is 0 Å². The first-order valence-electron chi connectivity index (χ1n) is 8.78. The second-order valence-electron chi connectivity index (χ2n) is 6.07. The molecule has 3 rings (SSSR count). The van der Waals surface area contributed by atoms with Gasteiger partial charge in [-0.2, -0.15) is 0 Å². The summed E-state index contributed by atoms with van der Waals surface area (Å²) in [5, 5.41) is 11.4. The second-order valence-corrected chi connectivity index (χ2v) is 9.01. The zero-order chi connectivity index (χ0) is 20.7. The first-order chi connectivity index (χ1) is 14.0. The summed E-state index contributed by atoms with van der Waals surface area (Å²) in [4.78, 5) is 12.4. The third kappa shape index (κ3) is 5.55. The SMILES string of the molecule is C=CCn1c(CS(=O)(=O)c2ccccc2)nnc1SCC(=O)Nc1ccccc1. The maximum absolute atomic E-state index is 12.7. The van der Waals surface area contributed by atoms with Crippen LogP contribution in [0.3, 0.4) is 0 Å². The summed E-state index contributed by atoms with van der Waals surface area (Å²) in [6, 6.07) is 17.3. The summed E-state index contributed by atoms with van der Waals surface area (Å²) in [5.74, 6) is -0.0444. The van der Waals surface area contributed by atoms with Gasteiger partial charge in [0.05, 0.1) is 10.6 Å². The van der Waals surface area contributed by atoms with Gasteiger partial charge in [0.2, 0.25) is 5.91 Å². The molecule has 0 aliphatic carbocycles. The molecule has 0 bridgehead atoms. The van der Waals surface area contributed by atoms with Crippen molar-refractivity contribution in [1.82, 2.24) is 14.8 Å². The van der Waals surface area contributed by atoms with Crippen molar-refractivity contribution in [1.29, 1.82) is 0 Å². The number of thioether (sulfide) groups is 1. The molecule has 1 aromatic heterocycles. The number of nitrogens with zero attached hydrogens (tertiary/aromatic N) is 3. The summed E-state index contributed by atoms with van der Waals surface area (Å²) in [7, 11) is -3.56. The number of nitrogens with one attached hydrogen (secondary N) is 1. The molecule has 150 valence electrons. The number of para-hydroxylation sites is 1. The molecule has 0 spiro atoms. The van der Waals surface area contributed by atoms with Gasteiger partial charge in [0.25, 0.3) is 0 Å². The number of benzene rings is 2. The zero-order valence-corrected chi connectivity index (χ0v) is 17.2. The zero-order valence-electron chi connectivity index (χ0n) is 15.6. The van der Waals surface area contributed by atoms with Gasteiger partial charge < -0.3 is 9.88 Å². The van der Waals surface area contributed by atoms with Gasteiger partial charge in [-0.15, -0.1) is 16.8 Å². The van der Waals surface area contributed by atoms with Gasteiger partial charge in [0, 0.05) is 12.2 Å². The molecule has 29 heavy (non-hydrogen) atoms. The fraction of sp³-hybridized carbons (Fsp3) is 0.150. The summed E-state index contributed by atoms with van der Waals surface area (Å²) < 4.78 is 27.0. The molecule has 0 saturated carbocycles. The Kier molecular flexibility index (Phi) is 6.84. The largest absolute Gasteiger partial charge is 0.325 e. The van der Waals surface area contributed by atoms with Crippen molar-refractivity contribution in [2.24, 2.45) is 0 Å². The Balaban J connectivity index is 1.71. The minimum Gasteiger partial charge on any atom is -0.325 e. The van der Waals surface area contributed by atoms with E-state index in [1.54, 1.807) is 53.1 Å². The van der Waals surface area contributed by atoms with Crippen molar-refractivity contribution in [2.45, 2.75) is 22.3 Å². The van der Waals surface area contributed by atoms with E-state index in [0.29, 0.717) is 23.2 Å². The molecule has 0 aliphatic rings. The highest BCUT2D eigenvalue weighted by molar-refractivity contribution is 7.99. The molecule has 0 atom stereocenters. The van der Waals surface area contributed by atoms with E-state index < -0.39 is 9.84 Å². The molecular weight excluding hydrogens is 408 g/mol. The Bertz CT molecular complexity index is 1080. The molecule has 7 nitrogen and oxygen atoms in total. The lowest BCUT2D eigenvalue weighted by Crippen LogP contribution is -2.15. The number of anilines is 1. The van der Waals surface area contributed by atoms with E-state index in [4.69, 9.17) is 0 Å². The number of rotatable bonds is 9. The normalized spacial score (nSPS) is 11.2. The first-order valence-corrected chi connectivity index (χ1v) is 11.4. The maximum atomic E-state index is 12.7. The number of allylic oxidation sites excluding steroid dienone is 1. The monoisotopic (exact) mass is 428 g/mol. The van der Waals surface area contributed by atoms with Crippen molar-refractivity contribution in [3.63, 3.8) is 0 Å². The van der Waals surface area contributed by atoms with Crippen LogP contribution in [0.15, 0.2) is 83.4 Å². The minimum atomic E-state index is -3.56. The summed E-state index contributed by atoms with van der Waals surface area (Å²) in [6.45, 7) is 4.05. The smallest absolute Gasteiger partial charge is 0.234 e. The summed E-state index contributed by atoms with van der Waals surface area (Å²) in [6.07, 6.45) is 1.64. The first kappa shape index (κ1) is 20.8. The lowest BCUT2D eigenvalue weighted by Gasteiger charge is -2.09. The van der Waals surface area contributed by atoms with Crippen LogP contribution in [0.25, 0.3) is 0 Å². The minimum absolute atomic E-state index is 0.121. The van der Waals surface area contributed by atoms with Gasteiger partial charge in [0.1, 0.15) is 11.6 Å². The number of aromatic nitrogens is 3. The predicted octanol–water partition coefficient (Wildman–Crippen LogP) is 3.17. The van der Waals surface area contributed by atoms with E-state index in [1.165, 1.54) is 11.8 Å². The van der Waals surface area contributed by atoms with Crippen LogP contribution in [0.4, 0.5) is 5.69 Å². The molecule has 9 heteroatoms. The number of carbonyl (C=O) groups excluding carboxylic acids is 1. The topological polar surface area (TPSA) is 93.9 Å². The summed E-state index contributed by atoms with van der Waals surface area (Å²) in [5.41, 5.74) is 0.709. The van der Waals surface area contributed by atoms with Crippen LogP contribution >= 0.6 is 11.8 Å². The highest BCUT2D eigenvalue weighted by Crippen LogP contribution is 2.21. The lowest BCUT2D eigenvalue weighted by molar-refractivity contribution is -0.113. The fourth-order valence-electron chi connectivity index (χ4n) is 2.57. The van der Waals surface area contributed by atoms with E-state index >= 15 is 0 Å². The van der Waals surface area contributed by atoms with E-state index in [0.717, 1.165) is 0 Å². The Labute approximate surface area is 173 Å².